The van der Waals surface area contributed by atoms with Crippen LogP contribution in [0, 0.1) is 5.92 Å². The van der Waals surface area contributed by atoms with Gasteiger partial charge in [-0.1, -0.05) is 24.9 Å². The molecule has 0 radical (unpaired) electrons. The van der Waals surface area contributed by atoms with Crippen molar-refractivity contribution in [2.75, 3.05) is 6.61 Å². The standard InChI is InChI=1S/C16H21N3O3S/c1-11-4-2-3-5-13(11)21-9-15(20)17-8-14-18-16(22-19-14)12-6-7-23-10-12/h6-7,10-11,13H,2-5,8-9H2,1H3,(H,17,20)/t11-,13-/m1/s1. The van der Waals surface area contributed by atoms with Gasteiger partial charge in [-0.05, 0) is 30.2 Å². The largest absolute Gasteiger partial charge is 0.368 e. The zero-order valence-electron chi connectivity index (χ0n) is 13.2. The average Bonchev–Trinajstić information content (AvgIpc) is 3.23. The molecule has 7 heteroatoms. The van der Waals surface area contributed by atoms with Crippen LogP contribution in [0.4, 0.5) is 0 Å². The topological polar surface area (TPSA) is 77.2 Å². The van der Waals surface area contributed by atoms with Crippen molar-refractivity contribution < 1.29 is 14.1 Å². The number of nitrogens with one attached hydrogen (secondary N) is 1. The van der Waals surface area contributed by atoms with Gasteiger partial charge in [-0.15, -0.1) is 0 Å². The third kappa shape index (κ3) is 4.39. The molecule has 2 atom stereocenters. The predicted molar refractivity (Wildman–Crippen MR) is 86.8 cm³/mol. The molecule has 2 heterocycles. The van der Waals surface area contributed by atoms with Crippen molar-refractivity contribution in [2.24, 2.45) is 5.92 Å². The molecule has 1 aliphatic rings. The normalized spacial score (nSPS) is 21.3. The van der Waals surface area contributed by atoms with Gasteiger partial charge in [0.05, 0.1) is 18.2 Å². The second-order valence-corrected chi connectivity index (χ2v) is 6.70. The molecule has 6 nitrogen and oxygen atoms in total. The minimum absolute atomic E-state index is 0.0875. The maximum atomic E-state index is 11.9. The molecule has 0 spiro atoms. The second-order valence-electron chi connectivity index (χ2n) is 5.92. The smallest absolute Gasteiger partial charge is 0.258 e. The van der Waals surface area contributed by atoms with Crippen molar-refractivity contribution in [3.8, 4) is 11.5 Å². The number of ether oxygens (including phenoxy) is 1. The number of carbonyl (C=O) groups excluding carboxylic acids is 1. The lowest BCUT2D eigenvalue weighted by Crippen LogP contribution is -2.33. The van der Waals surface area contributed by atoms with Crippen LogP contribution in [0.25, 0.3) is 11.5 Å². The summed E-state index contributed by atoms with van der Waals surface area (Å²) in [7, 11) is 0. The van der Waals surface area contributed by atoms with Crippen molar-refractivity contribution in [3.63, 3.8) is 0 Å². The minimum atomic E-state index is -0.148. The molecule has 0 aromatic carbocycles. The summed E-state index contributed by atoms with van der Waals surface area (Å²) in [4.78, 5) is 16.1. The highest BCUT2D eigenvalue weighted by atomic mass is 32.1. The number of nitrogens with zero attached hydrogens (tertiary/aromatic N) is 2. The summed E-state index contributed by atoms with van der Waals surface area (Å²) in [6, 6.07) is 1.92. The van der Waals surface area contributed by atoms with Crippen LogP contribution in [0.1, 0.15) is 38.4 Å². The Morgan fingerprint density at radius 1 is 1.48 bits per heavy atom. The molecule has 0 bridgehead atoms. The molecule has 0 aliphatic heterocycles. The van der Waals surface area contributed by atoms with Crippen molar-refractivity contribution in [2.45, 2.75) is 45.3 Å². The van der Waals surface area contributed by atoms with Crippen LogP contribution in [0.15, 0.2) is 21.3 Å². The maximum Gasteiger partial charge on any atom is 0.258 e. The number of hydrogen-bond donors (Lipinski definition) is 1. The summed E-state index contributed by atoms with van der Waals surface area (Å²) in [5, 5.41) is 10.5. The van der Waals surface area contributed by atoms with Gasteiger partial charge in [0.1, 0.15) is 6.61 Å². The molecule has 1 amide bonds. The zero-order valence-corrected chi connectivity index (χ0v) is 14.0. The number of rotatable bonds is 6. The Balaban J connectivity index is 1.42. The molecular weight excluding hydrogens is 314 g/mol. The van der Waals surface area contributed by atoms with Crippen LogP contribution in [-0.4, -0.2) is 28.8 Å². The Hall–Kier alpha value is -1.73. The SMILES string of the molecule is C[C@@H]1CCCC[C@H]1OCC(=O)NCc1noc(-c2ccsc2)n1. The Bertz CT molecular complexity index is 626. The van der Waals surface area contributed by atoms with Gasteiger partial charge in [0, 0.05) is 5.38 Å². The highest BCUT2D eigenvalue weighted by Crippen LogP contribution is 2.26. The van der Waals surface area contributed by atoms with Gasteiger partial charge in [-0.3, -0.25) is 4.79 Å². The van der Waals surface area contributed by atoms with E-state index in [-0.39, 0.29) is 25.2 Å². The van der Waals surface area contributed by atoms with Gasteiger partial charge < -0.3 is 14.6 Å². The Morgan fingerprint density at radius 2 is 2.35 bits per heavy atom. The molecule has 0 unspecified atom stereocenters. The van der Waals surface area contributed by atoms with Crippen LogP contribution >= 0.6 is 11.3 Å². The van der Waals surface area contributed by atoms with Gasteiger partial charge in [0.15, 0.2) is 5.82 Å². The van der Waals surface area contributed by atoms with Crippen LogP contribution < -0.4 is 5.32 Å². The van der Waals surface area contributed by atoms with E-state index in [0.717, 1.165) is 12.0 Å². The fraction of sp³-hybridized carbons (Fsp3) is 0.562. The van der Waals surface area contributed by atoms with Crippen molar-refractivity contribution in [3.05, 3.63) is 22.7 Å². The third-order valence-corrected chi connectivity index (χ3v) is 4.82. The number of amides is 1. The molecule has 0 saturated heterocycles. The monoisotopic (exact) mass is 335 g/mol. The number of hydrogen-bond acceptors (Lipinski definition) is 6. The number of carbonyl (C=O) groups is 1. The van der Waals surface area contributed by atoms with Crippen LogP contribution in [0.5, 0.6) is 0 Å². The fourth-order valence-electron chi connectivity index (χ4n) is 2.77. The highest BCUT2D eigenvalue weighted by molar-refractivity contribution is 7.08. The van der Waals surface area contributed by atoms with Gasteiger partial charge in [0.25, 0.3) is 5.89 Å². The summed E-state index contributed by atoms with van der Waals surface area (Å²) in [5.74, 6) is 1.32. The number of aromatic nitrogens is 2. The minimum Gasteiger partial charge on any atom is -0.368 e. The van der Waals surface area contributed by atoms with Crippen LogP contribution in [0.3, 0.4) is 0 Å². The molecular formula is C16H21N3O3S. The zero-order chi connectivity index (χ0) is 16.1. The average molecular weight is 335 g/mol. The van der Waals surface area contributed by atoms with E-state index in [1.807, 2.05) is 16.8 Å². The molecule has 1 fully saturated rings. The number of thiophene rings is 1. The van der Waals surface area contributed by atoms with Gasteiger partial charge in [0.2, 0.25) is 5.91 Å². The highest BCUT2D eigenvalue weighted by Gasteiger charge is 2.22. The van der Waals surface area contributed by atoms with E-state index >= 15 is 0 Å². The first-order valence-corrected chi connectivity index (χ1v) is 8.90. The Labute approximate surface area is 139 Å². The van der Waals surface area contributed by atoms with Gasteiger partial charge >= 0.3 is 0 Å². The van der Waals surface area contributed by atoms with Crippen molar-refractivity contribution in [1.82, 2.24) is 15.5 Å². The summed E-state index contributed by atoms with van der Waals surface area (Å²) in [6.07, 6.45) is 4.87. The van der Waals surface area contributed by atoms with E-state index in [0.29, 0.717) is 17.6 Å². The molecule has 1 saturated carbocycles. The van der Waals surface area contributed by atoms with Crippen LogP contribution in [-0.2, 0) is 16.1 Å². The van der Waals surface area contributed by atoms with E-state index < -0.39 is 0 Å². The van der Waals surface area contributed by atoms with E-state index in [2.05, 4.69) is 22.4 Å². The molecule has 1 aliphatic carbocycles. The van der Waals surface area contributed by atoms with Crippen molar-refractivity contribution >= 4 is 17.2 Å². The van der Waals surface area contributed by atoms with Crippen LogP contribution in [0.2, 0.25) is 0 Å². The van der Waals surface area contributed by atoms with E-state index in [9.17, 15) is 4.79 Å². The summed E-state index contributed by atoms with van der Waals surface area (Å²) in [5.41, 5.74) is 0.898. The van der Waals surface area contributed by atoms with E-state index in [1.54, 1.807) is 11.3 Å². The molecule has 1 N–H and O–H groups in total. The summed E-state index contributed by atoms with van der Waals surface area (Å²) < 4.78 is 10.9. The Morgan fingerprint density at radius 3 is 3.13 bits per heavy atom. The third-order valence-electron chi connectivity index (χ3n) is 4.14. The molecule has 124 valence electrons. The maximum absolute atomic E-state index is 11.9. The Kier molecular flexibility index (Phi) is 5.40. The molecule has 2 aromatic rings. The molecule has 2 aromatic heterocycles. The second kappa shape index (κ2) is 7.70. The fourth-order valence-corrected chi connectivity index (χ4v) is 3.40. The molecule has 23 heavy (non-hydrogen) atoms. The van der Waals surface area contributed by atoms with E-state index in [4.69, 9.17) is 9.26 Å². The lowest BCUT2D eigenvalue weighted by molar-refractivity contribution is -0.129. The lowest BCUT2D eigenvalue weighted by Gasteiger charge is -2.28. The first kappa shape index (κ1) is 16.1. The van der Waals surface area contributed by atoms with E-state index in [1.165, 1.54) is 19.3 Å². The van der Waals surface area contributed by atoms with Gasteiger partial charge in [-0.2, -0.15) is 16.3 Å². The summed E-state index contributed by atoms with van der Waals surface area (Å²) in [6.45, 7) is 2.52. The van der Waals surface area contributed by atoms with Gasteiger partial charge in [-0.25, -0.2) is 0 Å². The molecule has 3 rings (SSSR count). The predicted octanol–water partition coefficient (Wildman–Crippen LogP) is 3.01. The summed E-state index contributed by atoms with van der Waals surface area (Å²) >= 11 is 1.57. The first-order valence-electron chi connectivity index (χ1n) is 7.96. The first-order chi connectivity index (χ1) is 11.2. The van der Waals surface area contributed by atoms with Crippen molar-refractivity contribution in [1.29, 1.82) is 0 Å². The quantitative estimate of drug-likeness (QED) is 0.878. The lowest BCUT2D eigenvalue weighted by atomic mass is 9.88.